The predicted octanol–water partition coefficient (Wildman–Crippen LogP) is 3.53. The van der Waals surface area contributed by atoms with Gasteiger partial charge in [0.15, 0.2) is 0 Å². The van der Waals surface area contributed by atoms with E-state index in [0.717, 1.165) is 65.8 Å². The van der Waals surface area contributed by atoms with Crippen molar-refractivity contribution in [1.29, 1.82) is 0 Å². The Bertz CT molecular complexity index is 907. The zero-order chi connectivity index (χ0) is 21.8. The summed E-state index contributed by atoms with van der Waals surface area (Å²) in [5.41, 5.74) is 3.97. The molecule has 0 unspecified atom stereocenters. The average Bonchev–Trinajstić information content (AvgIpc) is 2.78. The van der Waals surface area contributed by atoms with Gasteiger partial charge in [0.05, 0.1) is 19.6 Å². The number of likely N-dealkylation sites (tertiary alicyclic amines) is 1. The number of ether oxygens (including phenoxy) is 1. The molecule has 3 heterocycles. The fourth-order valence-corrected chi connectivity index (χ4v) is 4.75. The molecule has 0 aliphatic carbocycles. The van der Waals surface area contributed by atoms with Crippen LogP contribution in [0, 0.1) is 13.8 Å². The van der Waals surface area contributed by atoms with Crippen LogP contribution in [-0.2, 0) is 22.5 Å². The Morgan fingerprint density at radius 2 is 1.84 bits per heavy atom. The molecule has 6 nitrogen and oxygen atoms in total. The number of aromatic nitrogens is 2. The standard InChI is InChI=1S/C24H31ClN4O2/c1-17-21(14-23(30)29-10-12-31-13-11-29)18(2)27-24(26-17)20-7-5-9-28(16-20)15-19-6-3-4-8-22(19)25/h3-4,6,8,20H,5,7,9-16H2,1-2H3/t20-/m0/s1. The SMILES string of the molecule is Cc1nc([C@H]2CCCN(Cc3ccccc3Cl)C2)nc(C)c1CC(=O)N1CCOCC1. The monoisotopic (exact) mass is 442 g/mol. The lowest BCUT2D eigenvalue weighted by atomic mass is 9.96. The summed E-state index contributed by atoms with van der Waals surface area (Å²) in [6.45, 7) is 9.41. The highest BCUT2D eigenvalue weighted by Crippen LogP contribution is 2.28. The van der Waals surface area contributed by atoms with Crippen molar-refractivity contribution in [3.05, 3.63) is 57.6 Å². The molecular weight excluding hydrogens is 412 g/mol. The number of hydrogen-bond donors (Lipinski definition) is 0. The molecule has 1 aromatic heterocycles. The molecule has 31 heavy (non-hydrogen) atoms. The number of piperidine rings is 1. The Balaban J connectivity index is 1.44. The summed E-state index contributed by atoms with van der Waals surface area (Å²) in [6.07, 6.45) is 2.57. The van der Waals surface area contributed by atoms with Crippen LogP contribution in [0.5, 0.6) is 0 Å². The second kappa shape index (κ2) is 10.1. The maximum Gasteiger partial charge on any atom is 0.227 e. The number of benzene rings is 1. The van der Waals surface area contributed by atoms with Crippen LogP contribution in [0.3, 0.4) is 0 Å². The van der Waals surface area contributed by atoms with E-state index < -0.39 is 0 Å². The molecule has 2 aliphatic heterocycles. The summed E-state index contributed by atoms with van der Waals surface area (Å²) < 4.78 is 5.35. The van der Waals surface area contributed by atoms with Crippen LogP contribution < -0.4 is 0 Å². The van der Waals surface area contributed by atoms with Gasteiger partial charge in [0.1, 0.15) is 5.82 Å². The molecule has 166 valence electrons. The van der Waals surface area contributed by atoms with E-state index in [1.54, 1.807) is 0 Å². The summed E-state index contributed by atoms with van der Waals surface area (Å²) in [4.78, 5) is 26.7. The normalized spacial score (nSPS) is 20.1. The van der Waals surface area contributed by atoms with E-state index in [0.29, 0.717) is 38.6 Å². The number of aryl methyl sites for hydroxylation is 2. The summed E-state index contributed by atoms with van der Waals surface area (Å²) >= 11 is 6.36. The molecule has 0 radical (unpaired) electrons. The number of morpholine rings is 1. The molecule has 0 saturated carbocycles. The average molecular weight is 443 g/mol. The summed E-state index contributed by atoms with van der Waals surface area (Å²) in [7, 11) is 0. The minimum Gasteiger partial charge on any atom is -0.378 e. The van der Waals surface area contributed by atoms with Crippen LogP contribution in [0.4, 0.5) is 0 Å². The van der Waals surface area contributed by atoms with Crippen molar-refractivity contribution < 1.29 is 9.53 Å². The van der Waals surface area contributed by atoms with Gasteiger partial charge in [-0.15, -0.1) is 0 Å². The van der Waals surface area contributed by atoms with E-state index in [9.17, 15) is 4.79 Å². The van der Waals surface area contributed by atoms with Gasteiger partial charge in [0.2, 0.25) is 5.91 Å². The van der Waals surface area contributed by atoms with E-state index in [1.807, 2.05) is 36.9 Å². The van der Waals surface area contributed by atoms with Crippen molar-refractivity contribution in [3.63, 3.8) is 0 Å². The molecule has 4 rings (SSSR count). The summed E-state index contributed by atoms with van der Waals surface area (Å²) in [5.74, 6) is 1.34. The number of carbonyl (C=O) groups excluding carboxylic acids is 1. The first-order valence-electron chi connectivity index (χ1n) is 11.2. The first-order valence-corrected chi connectivity index (χ1v) is 11.5. The Kier molecular flexibility index (Phi) is 7.20. The van der Waals surface area contributed by atoms with E-state index >= 15 is 0 Å². The first kappa shape index (κ1) is 22.2. The number of rotatable bonds is 5. The smallest absolute Gasteiger partial charge is 0.227 e. The third-order valence-electron chi connectivity index (χ3n) is 6.35. The number of nitrogens with zero attached hydrogens (tertiary/aromatic N) is 4. The van der Waals surface area contributed by atoms with Gasteiger partial charge < -0.3 is 9.64 Å². The molecule has 1 aromatic carbocycles. The lowest BCUT2D eigenvalue weighted by Gasteiger charge is -2.32. The van der Waals surface area contributed by atoms with Gasteiger partial charge in [-0.3, -0.25) is 9.69 Å². The molecule has 2 aliphatic rings. The Labute approximate surface area is 189 Å². The molecule has 1 atom stereocenters. The van der Waals surface area contributed by atoms with Crippen molar-refractivity contribution in [1.82, 2.24) is 19.8 Å². The van der Waals surface area contributed by atoms with Gasteiger partial charge in [0, 0.05) is 54.1 Å². The lowest BCUT2D eigenvalue weighted by molar-refractivity contribution is -0.134. The molecule has 0 bridgehead atoms. The number of carbonyl (C=O) groups is 1. The Hall–Kier alpha value is -2.02. The molecule has 0 spiro atoms. The molecular formula is C24H31ClN4O2. The van der Waals surface area contributed by atoms with Crippen LogP contribution >= 0.6 is 11.6 Å². The van der Waals surface area contributed by atoms with Gasteiger partial charge in [-0.05, 0) is 44.9 Å². The van der Waals surface area contributed by atoms with Gasteiger partial charge in [0.25, 0.3) is 0 Å². The van der Waals surface area contributed by atoms with E-state index in [1.165, 1.54) is 0 Å². The molecule has 0 N–H and O–H groups in total. The van der Waals surface area contributed by atoms with Crippen molar-refractivity contribution in [2.75, 3.05) is 39.4 Å². The Morgan fingerprint density at radius 3 is 2.55 bits per heavy atom. The van der Waals surface area contributed by atoms with Crippen LogP contribution in [0.25, 0.3) is 0 Å². The second-order valence-electron chi connectivity index (χ2n) is 8.57. The van der Waals surface area contributed by atoms with Crippen molar-refractivity contribution >= 4 is 17.5 Å². The van der Waals surface area contributed by atoms with E-state index in [4.69, 9.17) is 26.3 Å². The van der Waals surface area contributed by atoms with Crippen LogP contribution in [0.1, 0.15) is 47.1 Å². The third-order valence-corrected chi connectivity index (χ3v) is 6.72. The fourth-order valence-electron chi connectivity index (χ4n) is 4.56. The molecule has 2 aromatic rings. The van der Waals surface area contributed by atoms with Crippen LogP contribution in [-0.4, -0.2) is 65.1 Å². The quantitative estimate of drug-likeness (QED) is 0.709. The highest BCUT2D eigenvalue weighted by Gasteiger charge is 2.26. The highest BCUT2D eigenvalue weighted by molar-refractivity contribution is 6.31. The van der Waals surface area contributed by atoms with Crippen molar-refractivity contribution in [2.45, 2.75) is 45.6 Å². The predicted molar refractivity (Wildman–Crippen MR) is 121 cm³/mol. The largest absolute Gasteiger partial charge is 0.378 e. The van der Waals surface area contributed by atoms with Crippen molar-refractivity contribution in [3.8, 4) is 0 Å². The maximum absolute atomic E-state index is 12.7. The minimum absolute atomic E-state index is 0.134. The molecule has 1 amide bonds. The zero-order valence-electron chi connectivity index (χ0n) is 18.4. The molecule has 7 heteroatoms. The third kappa shape index (κ3) is 5.43. The fraction of sp³-hybridized carbons (Fsp3) is 0.542. The molecule has 2 saturated heterocycles. The highest BCUT2D eigenvalue weighted by atomic mass is 35.5. The second-order valence-corrected chi connectivity index (χ2v) is 8.97. The number of halogens is 1. The zero-order valence-corrected chi connectivity index (χ0v) is 19.2. The van der Waals surface area contributed by atoms with Gasteiger partial charge in [-0.25, -0.2) is 9.97 Å². The van der Waals surface area contributed by atoms with Crippen molar-refractivity contribution in [2.24, 2.45) is 0 Å². The van der Waals surface area contributed by atoms with Crippen LogP contribution in [0.2, 0.25) is 5.02 Å². The van der Waals surface area contributed by atoms with E-state index in [2.05, 4.69) is 11.0 Å². The van der Waals surface area contributed by atoms with Crippen LogP contribution in [0.15, 0.2) is 24.3 Å². The molecule has 2 fully saturated rings. The number of hydrogen-bond acceptors (Lipinski definition) is 5. The maximum atomic E-state index is 12.7. The van der Waals surface area contributed by atoms with Gasteiger partial charge in [-0.1, -0.05) is 29.8 Å². The van der Waals surface area contributed by atoms with E-state index in [-0.39, 0.29) is 5.91 Å². The first-order chi connectivity index (χ1) is 15.0. The topological polar surface area (TPSA) is 58.6 Å². The lowest BCUT2D eigenvalue weighted by Crippen LogP contribution is -2.41. The summed E-state index contributed by atoms with van der Waals surface area (Å²) in [6, 6.07) is 8.05. The minimum atomic E-state index is 0.134. The number of amides is 1. The van der Waals surface area contributed by atoms with Gasteiger partial charge >= 0.3 is 0 Å². The Morgan fingerprint density at radius 1 is 1.13 bits per heavy atom. The summed E-state index contributed by atoms with van der Waals surface area (Å²) in [5, 5.41) is 0.821. The van der Waals surface area contributed by atoms with Gasteiger partial charge in [-0.2, -0.15) is 0 Å².